The molecule has 0 aliphatic carbocycles. The van der Waals surface area contributed by atoms with Gasteiger partial charge in [0.05, 0.1) is 5.54 Å². The molecule has 1 aliphatic heterocycles. The molecule has 1 amide bonds. The predicted octanol–water partition coefficient (Wildman–Crippen LogP) is 2.08. The van der Waals surface area contributed by atoms with E-state index in [0.717, 1.165) is 57.8 Å². The van der Waals surface area contributed by atoms with Crippen molar-refractivity contribution in [2.45, 2.75) is 58.9 Å². The second kappa shape index (κ2) is 7.99. The van der Waals surface area contributed by atoms with Gasteiger partial charge in [-0.2, -0.15) is 0 Å². The summed E-state index contributed by atoms with van der Waals surface area (Å²) in [6.07, 6.45) is 3.96. The number of piperidine rings is 1. The number of hydrogen-bond donors (Lipinski definition) is 1. The van der Waals surface area contributed by atoms with Crippen LogP contribution in [0.2, 0.25) is 0 Å². The maximum absolute atomic E-state index is 12.4. The Hall–Kier alpha value is -0.610. The highest BCUT2D eigenvalue weighted by atomic mass is 16.2. The van der Waals surface area contributed by atoms with Crippen LogP contribution in [0.4, 0.5) is 0 Å². The third-order valence-electron chi connectivity index (χ3n) is 4.57. The summed E-state index contributed by atoms with van der Waals surface area (Å²) in [4.78, 5) is 16.9. The van der Waals surface area contributed by atoms with Crippen molar-refractivity contribution in [1.29, 1.82) is 0 Å². The smallest absolute Gasteiger partial charge is 0.242 e. The molecule has 2 N–H and O–H groups in total. The minimum Gasteiger partial charge on any atom is -0.341 e. The maximum Gasteiger partial charge on any atom is 0.242 e. The zero-order valence-corrected chi connectivity index (χ0v) is 13.8. The van der Waals surface area contributed by atoms with Gasteiger partial charge in [-0.3, -0.25) is 4.79 Å². The van der Waals surface area contributed by atoms with Crippen molar-refractivity contribution < 1.29 is 4.79 Å². The normalized spacial score (nSPS) is 20.2. The van der Waals surface area contributed by atoms with Crippen molar-refractivity contribution in [3.63, 3.8) is 0 Å². The SMILES string of the molecule is CCCC(C)(N)C(=O)N1CCC(CN(CC)CC)CC1. The van der Waals surface area contributed by atoms with E-state index in [1.54, 1.807) is 0 Å². The largest absolute Gasteiger partial charge is 0.341 e. The molecule has 1 rings (SSSR count). The molecule has 1 unspecified atom stereocenters. The molecule has 0 bridgehead atoms. The summed E-state index contributed by atoms with van der Waals surface area (Å²) in [5, 5.41) is 0. The van der Waals surface area contributed by atoms with Gasteiger partial charge in [0.1, 0.15) is 0 Å². The van der Waals surface area contributed by atoms with Crippen molar-refractivity contribution in [2.24, 2.45) is 11.7 Å². The molecule has 1 atom stereocenters. The molecule has 0 aromatic carbocycles. The number of rotatable bonds is 7. The van der Waals surface area contributed by atoms with E-state index in [1.165, 1.54) is 6.54 Å². The Morgan fingerprint density at radius 2 is 1.80 bits per heavy atom. The zero-order valence-electron chi connectivity index (χ0n) is 13.8. The molecule has 118 valence electrons. The van der Waals surface area contributed by atoms with Crippen LogP contribution in [0, 0.1) is 5.92 Å². The van der Waals surface area contributed by atoms with E-state index in [9.17, 15) is 4.79 Å². The topological polar surface area (TPSA) is 49.6 Å². The predicted molar refractivity (Wildman–Crippen MR) is 84.6 cm³/mol. The lowest BCUT2D eigenvalue weighted by atomic mass is 9.91. The maximum atomic E-state index is 12.4. The van der Waals surface area contributed by atoms with Gasteiger partial charge >= 0.3 is 0 Å². The van der Waals surface area contributed by atoms with E-state index in [1.807, 2.05) is 11.8 Å². The lowest BCUT2D eigenvalue weighted by molar-refractivity contribution is -0.138. The van der Waals surface area contributed by atoms with Crippen molar-refractivity contribution in [1.82, 2.24) is 9.80 Å². The van der Waals surface area contributed by atoms with Gasteiger partial charge in [-0.15, -0.1) is 0 Å². The lowest BCUT2D eigenvalue weighted by Crippen LogP contribution is -2.55. The van der Waals surface area contributed by atoms with Crippen LogP contribution in [0.1, 0.15) is 53.4 Å². The number of nitrogens with zero attached hydrogens (tertiary/aromatic N) is 2. The summed E-state index contributed by atoms with van der Waals surface area (Å²) >= 11 is 0. The van der Waals surface area contributed by atoms with Crippen LogP contribution in [0.5, 0.6) is 0 Å². The average Bonchev–Trinajstić information content (AvgIpc) is 2.44. The Labute approximate surface area is 124 Å². The van der Waals surface area contributed by atoms with Gasteiger partial charge in [0.15, 0.2) is 0 Å². The number of carbonyl (C=O) groups excluding carboxylic acids is 1. The summed E-state index contributed by atoms with van der Waals surface area (Å²) in [7, 11) is 0. The molecule has 1 saturated heterocycles. The fraction of sp³-hybridized carbons (Fsp3) is 0.938. The Balaban J connectivity index is 2.44. The van der Waals surface area contributed by atoms with Gasteiger partial charge in [-0.05, 0) is 45.2 Å². The highest BCUT2D eigenvalue weighted by molar-refractivity contribution is 5.85. The standard InChI is InChI=1S/C16H33N3O/c1-5-10-16(4,17)15(20)19-11-8-14(9-12-19)13-18(6-2)7-3/h14H,5-13,17H2,1-4H3. The summed E-state index contributed by atoms with van der Waals surface area (Å²) < 4.78 is 0. The first-order chi connectivity index (χ1) is 9.44. The van der Waals surface area contributed by atoms with Gasteiger partial charge in [-0.25, -0.2) is 0 Å². The second-order valence-corrected chi connectivity index (χ2v) is 6.39. The van der Waals surface area contributed by atoms with Crippen molar-refractivity contribution in [3.8, 4) is 0 Å². The van der Waals surface area contributed by atoms with E-state index in [2.05, 4.69) is 25.7 Å². The van der Waals surface area contributed by atoms with Gasteiger partial charge in [0, 0.05) is 19.6 Å². The summed E-state index contributed by atoms with van der Waals surface area (Å²) in [5.41, 5.74) is 5.48. The third-order valence-corrected chi connectivity index (χ3v) is 4.57. The van der Waals surface area contributed by atoms with Gasteiger partial charge in [-0.1, -0.05) is 27.2 Å². The van der Waals surface area contributed by atoms with Crippen LogP contribution in [0.25, 0.3) is 0 Å². The van der Waals surface area contributed by atoms with Crippen molar-refractivity contribution in [3.05, 3.63) is 0 Å². The van der Waals surface area contributed by atoms with E-state index < -0.39 is 5.54 Å². The van der Waals surface area contributed by atoms with Crippen LogP contribution in [-0.2, 0) is 4.79 Å². The summed E-state index contributed by atoms with van der Waals surface area (Å²) in [6, 6.07) is 0. The third kappa shape index (κ3) is 4.74. The molecule has 1 fully saturated rings. The fourth-order valence-electron chi connectivity index (χ4n) is 3.15. The molecule has 0 saturated carbocycles. The van der Waals surface area contributed by atoms with Crippen molar-refractivity contribution in [2.75, 3.05) is 32.7 Å². The van der Waals surface area contributed by atoms with Gasteiger partial charge < -0.3 is 15.5 Å². The van der Waals surface area contributed by atoms with Crippen LogP contribution in [0.15, 0.2) is 0 Å². The van der Waals surface area contributed by atoms with E-state index in [0.29, 0.717) is 0 Å². The molecular weight excluding hydrogens is 250 g/mol. The molecule has 0 radical (unpaired) electrons. The molecule has 1 heterocycles. The zero-order chi connectivity index (χ0) is 15.2. The number of hydrogen-bond acceptors (Lipinski definition) is 3. The van der Waals surface area contributed by atoms with E-state index >= 15 is 0 Å². The van der Waals surface area contributed by atoms with Crippen LogP contribution in [-0.4, -0.2) is 54.0 Å². The minimum absolute atomic E-state index is 0.139. The molecule has 0 aromatic rings. The molecule has 0 spiro atoms. The fourth-order valence-corrected chi connectivity index (χ4v) is 3.15. The Morgan fingerprint density at radius 1 is 1.25 bits per heavy atom. The number of likely N-dealkylation sites (tertiary alicyclic amines) is 1. The Morgan fingerprint density at radius 3 is 2.25 bits per heavy atom. The number of carbonyl (C=O) groups is 1. The highest BCUT2D eigenvalue weighted by Gasteiger charge is 2.33. The van der Waals surface area contributed by atoms with Gasteiger partial charge in [0.2, 0.25) is 5.91 Å². The molecule has 4 heteroatoms. The number of nitrogens with two attached hydrogens (primary N) is 1. The van der Waals surface area contributed by atoms with Crippen LogP contribution in [0.3, 0.4) is 0 Å². The first kappa shape index (κ1) is 17.4. The molecule has 1 aliphatic rings. The van der Waals surface area contributed by atoms with Gasteiger partial charge in [0.25, 0.3) is 0 Å². The van der Waals surface area contributed by atoms with Crippen molar-refractivity contribution >= 4 is 5.91 Å². The average molecular weight is 283 g/mol. The Kier molecular flexibility index (Phi) is 6.96. The summed E-state index contributed by atoms with van der Waals surface area (Å²) in [5.74, 6) is 0.870. The van der Waals surface area contributed by atoms with E-state index in [4.69, 9.17) is 5.73 Å². The number of amides is 1. The second-order valence-electron chi connectivity index (χ2n) is 6.39. The monoisotopic (exact) mass is 283 g/mol. The highest BCUT2D eigenvalue weighted by Crippen LogP contribution is 2.21. The molecular formula is C16H33N3O. The molecule has 20 heavy (non-hydrogen) atoms. The Bertz CT molecular complexity index is 292. The minimum atomic E-state index is -0.680. The molecule has 0 aromatic heterocycles. The summed E-state index contributed by atoms with van der Waals surface area (Å²) in [6.45, 7) is 13.5. The lowest BCUT2D eigenvalue weighted by Gasteiger charge is -2.38. The molecule has 4 nitrogen and oxygen atoms in total. The van der Waals surface area contributed by atoms with E-state index in [-0.39, 0.29) is 5.91 Å². The first-order valence-electron chi connectivity index (χ1n) is 8.25. The first-order valence-corrected chi connectivity index (χ1v) is 8.25. The quantitative estimate of drug-likeness (QED) is 0.778. The van der Waals surface area contributed by atoms with Crippen LogP contribution < -0.4 is 5.73 Å². The van der Waals surface area contributed by atoms with Crippen LogP contribution >= 0.6 is 0 Å².